The van der Waals surface area contributed by atoms with E-state index in [1.54, 1.807) is 6.92 Å². The summed E-state index contributed by atoms with van der Waals surface area (Å²) >= 11 is 0. The zero-order chi connectivity index (χ0) is 15.3. The predicted molar refractivity (Wildman–Crippen MR) is 69.1 cm³/mol. The van der Waals surface area contributed by atoms with Crippen LogP contribution >= 0.6 is 0 Å². The number of aromatic nitrogens is 3. The van der Waals surface area contributed by atoms with E-state index in [1.807, 2.05) is 0 Å². The van der Waals surface area contributed by atoms with Crippen molar-refractivity contribution < 1.29 is 19.1 Å². The molecule has 1 aliphatic heterocycles. The van der Waals surface area contributed by atoms with Crippen molar-refractivity contribution in [1.29, 1.82) is 0 Å². The van der Waals surface area contributed by atoms with Gasteiger partial charge >= 0.3 is 5.97 Å². The van der Waals surface area contributed by atoms with Gasteiger partial charge in [-0.2, -0.15) is 5.10 Å². The molecule has 1 amide bonds. The van der Waals surface area contributed by atoms with E-state index >= 15 is 0 Å². The smallest absolute Gasteiger partial charge is 0.344 e. The average molecular weight is 296 g/mol. The summed E-state index contributed by atoms with van der Waals surface area (Å²) in [4.78, 5) is 28.9. The highest BCUT2D eigenvalue weighted by Crippen LogP contribution is 2.56. The Labute approximate surface area is 120 Å². The molecule has 3 rings (SSSR count). The van der Waals surface area contributed by atoms with Crippen molar-refractivity contribution in [2.45, 2.75) is 37.9 Å². The van der Waals surface area contributed by atoms with E-state index in [4.69, 9.17) is 0 Å². The van der Waals surface area contributed by atoms with Gasteiger partial charge in [-0.3, -0.25) is 4.79 Å². The SMILES string of the molecule is CC(C(=O)N1CC2(CCC2)C(F)(C(=O)O)C1)n1cncn1. The lowest BCUT2D eigenvalue weighted by Crippen LogP contribution is -2.53. The number of nitrogens with zero attached hydrogens (tertiary/aromatic N) is 4. The fourth-order valence-electron chi connectivity index (χ4n) is 3.38. The molecule has 7 nitrogen and oxygen atoms in total. The molecule has 0 aromatic carbocycles. The van der Waals surface area contributed by atoms with Crippen LogP contribution in [0.2, 0.25) is 0 Å². The van der Waals surface area contributed by atoms with E-state index < -0.39 is 23.1 Å². The number of carboxylic acid groups (broad SMARTS) is 1. The molecule has 1 aliphatic carbocycles. The second kappa shape index (κ2) is 4.51. The van der Waals surface area contributed by atoms with Gasteiger partial charge in [-0.1, -0.05) is 6.42 Å². The monoisotopic (exact) mass is 296 g/mol. The fourth-order valence-corrected chi connectivity index (χ4v) is 3.38. The second-order valence-electron chi connectivity index (χ2n) is 5.99. The number of alkyl halides is 1. The van der Waals surface area contributed by atoms with Gasteiger partial charge in [0.25, 0.3) is 0 Å². The lowest BCUT2D eigenvalue weighted by atomic mass is 9.61. The summed E-state index contributed by atoms with van der Waals surface area (Å²) < 4.78 is 16.3. The van der Waals surface area contributed by atoms with Crippen LogP contribution in [-0.4, -0.2) is 55.4 Å². The van der Waals surface area contributed by atoms with E-state index in [2.05, 4.69) is 10.1 Å². The number of halogens is 1. The summed E-state index contributed by atoms with van der Waals surface area (Å²) in [7, 11) is 0. The van der Waals surface area contributed by atoms with Crippen molar-refractivity contribution in [1.82, 2.24) is 19.7 Å². The van der Waals surface area contributed by atoms with E-state index in [1.165, 1.54) is 22.2 Å². The molecule has 0 radical (unpaired) electrons. The summed E-state index contributed by atoms with van der Waals surface area (Å²) in [5.74, 6) is -1.79. The molecular formula is C13H17FN4O3. The van der Waals surface area contributed by atoms with Crippen LogP contribution in [0, 0.1) is 5.41 Å². The Morgan fingerprint density at radius 1 is 1.38 bits per heavy atom. The Kier molecular flexibility index (Phi) is 3.00. The zero-order valence-corrected chi connectivity index (χ0v) is 11.7. The van der Waals surface area contributed by atoms with Crippen LogP contribution in [0.1, 0.15) is 32.2 Å². The first kappa shape index (κ1) is 14.0. The summed E-state index contributed by atoms with van der Waals surface area (Å²) in [6.07, 6.45) is 4.56. The van der Waals surface area contributed by atoms with Crippen LogP contribution in [0.5, 0.6) is 0 Å². The van der Waals surface area contributed by atoms with Gasteiger partial charge in [0.1, 0.15) is 18.7 Å². The molecule has 2 heterocycles. The van der Waals surface area contributed by atoms with Crippen LogP contribution in [0.3, 0.4) is 0 Å². The first-order valence-electron chi connectivity index (χ1n) is 6.95. The molecule has 1 saturated carbocycles. The van der Waals surface area contributed by atoms with Gasteiger partial charge in [-0.05, 0) is 19.8 Å². The van der Waals surface area contributed by atoms with Gasteiger partial charge in [0.15, 0.2) is 0 Å². The number of rotatable bonds is 3. The van der Waals surface area contributed by atoms with Crippen molar-refractivity contribution in [2.24, 2.45) is 5.41 Å². The largest absolute Gasteiger partial charge is 0.479 e. The maximum absolute atomic E-state index is 14.9. The molecule has 2 atom stereocenters. The number of amides is 1. The molecule has 2 aliphatic rings. The molecule has 1 aromatic rings. The Bertz CT molecular complexity index is 572. The molecular weight excluding hydrogens is 279 g/mol. The molecule has 2 fully saturated rings. The molecule has 21 heavy (non-hydrogen) atoms. The first-order chi connectivity index (χ1) is 9.90. The highest BCUT2D eigenvalue weighted by atomic mass is 19.1. The molecule has 0 bridgehead atoms. The van der Waals surface area contributed by atoms with Gasteiger partial charge < -0.3 is 10.0 Å². The topological polar surface area (TPSA) is 88.3 Å². The lowest BCUT2D eigenvalue weighted by molar-refractivity contribution is -0.162. The number of carbonyl (C=O) groups excluding carboxylic acids is 1. The fraction of sp³-hybridized carbons (Fsp3) is 0.692. The van der Waals surface area contributed by atoms with Gasteiger partial charge in [-0.25, -0.2) is 18.9 Å². The van der Waals surface area contributed by atoms with Gasteiger partial charge in [0.2, 0.25) is 11.6 Å². The molecule has 1 spiro atoms. The minimum atomic E-state index is -2.34. The van der Waals surface area contributed by atoms with Crippen LogP contribution < -0.4 is 0 Å². The van der Waals surface area contributed by atoms with Crippen LogP contribution in [0.25, 0.3) is 0 Å². The standard InChI is InChI=1S/C13H17FN4O3/c1-9(18-8-15-7-16-18)10(19)17-5-12(3-2-4-12)13(14,6-17)11(20)21/h7-9H,2-6H2,1H3,(H,20,21). The Balaban J connectivity index is 1.82. The molecule has 8 heteroatoms. The van der Waals surface area contributed by atoms with Crippen molar-refractivity contribution in [3.8, 4) is 0 Å². The number of hydrogen-bond donors (Lipinski definition) is 1. The Morgan fingerprint density at radius 2 is 2.10 bits per heavy atom. The molecule has 1 saturated heterocycles. The van der Waals surface area contributed by atoms with E-state index in [-0.39, 0.29) is 19.0 Å². The number of carbonyl (C=O) groups is 2. The van der Waals surface area contributed by atoms with Crippen molar-refractivity contribution in [2.75, 3.05) is 13.1 Å². The highest BCUT2D eigenvalue weighted by molar-refractivity contribution is 5.85. The minimum absolute atomic E-state index is 0.160. The third-order valence-electron chi connectivity index (χ3n) is 4.90. The van der Waals surface area contributed by atoms with Crippen LogP contribution in [0.4, 0.5) is 4.39 Å². The summed E-state index contributed by atoms with van der Waals surface area (Å²) in [6, 6.07) is -0.624. The lowest BCUT2D eigenvalue weighted by Gasteiger charge is -2.43. The van der Waals surface area contributed by atoms with Crippen LogP contribution in [-0.2, 0) is 9.59 Å². The van der Waals surface area contributed by atoms with E-state index in [0.29, 0.717) is 12.8 Å². The Morgan fingerprint density at radius 3 is 2.52 bits per heavy atom. The number of carboxylic acids is 1. The van der Waals surface area contributed by atoms with Crippen molar-refractivity contribution in [3.05, 3.63) is 12.7 Å². The maximum Gasteiger partial charge on any atom is 0.344 e. The third-order valence-corrected chi connectivity index (χ3v) is 4.90. The van der Waals surface area contributed by atoms with E-state index in [9.17, 15) is 19.1 Å². The maximum atomic E-state index is 14.9. The zero-order valence-electron chi connectivity index (χ0n) is 11.7. The summed E-state index contributed by atoms with van der Waals surface area (Å²) in [5, 5.41) is 13.2. The van der Waals surface area contributed by atoms with Crippen molar-refractivity contribution >= 4 is 11.9 Å². The quantitative estimate of drug-likeness (QED) is 0.884. The second-order valence-corrected chi connectivity index (χ2v) is 5.99. The molecule has 2 unspecified atom stereocenters. The molecule has 1 aromatic heterocycles. The molecule has 1 N–H and O–H groups in total. The number of likely N-dealkylation sites (tertiary alicyclic amines) is 1. The third kappa shape index (κ3) is 1.85. The highest BCUT2D eigenvalue weighted by Gasteiger charge is 2.66. The summed E-state index contributed by atoms with van der Waals surface area (Å²) in [6.45, 7) is 1.41. The summed E-state index contributed by atoms with van der Waals surface area (Å²) in [5.41, 5.74) is -3.26. The van der Waals surface area contributed by atoms with Gasteiger partial charge in [0, 0.05) is 12.0 Å². The van der Waals surface area contributed by atoms with E-state index in [0.717, 1.165) is 6.42 Å². The average Bonchev–Trinajstić information content (AvgIpc) is 3.02. The Hall–Kier alpha value is -1.99. The normalized spacial score (nSPS) is 28.4. The van der Waals surface area contributed by atoms with Crippen LogP contribution in [0.15, 0.2) is 12.7 Å². The van der Waals surface area contributed by atoms with Gasteiger partial charge in [-0.15, -0.1) is 0 Å². The van der Waals surface area contributed by atoms with Gasteiger partial charge in [0.05, 0.1) is 6.54 Å². The minimum Gasteiger partial charge on any atom is -0.479 e. The predicted octanol–water partition coefficient (Wildman–Crippen LogP) is 0.644. The van der Waals surface area contributed by atoms with Crippen molar-refractivity contribution in [3.63, 3.8) is 0 Å². The first-order valence-corrected chi connectivity index (χ1v) is 6.95. The molecule has 114 valence electrons. The number of aliphatic carboxylic acids is 1. The number of hydrogen-bond acceptors (Lipinski definition) is 4.